The predicted molar refractivity (Wildman–Crippen MR) is 98.2 cm³/mol. The van der Waals surface area contributed by atoms with Gasteiger partial charge in [0.15, 0.2) is 0 Å². The van der Waals surface area contributed by atoms with E-state index < -0.39 is 0 Å². The van der Waals surface area contributed by atoms with Crippen LogP contribution in [0.4, 0.5) is 5.69 Å². The maximum absolute atomic E-state index is 12.4. The number of nitrogens with one attached hydrogen (secondary N) is 1. The highest BCUT2D eigenvalue weighted by molar-refractivity contribution is 6.30. The normalized spacial score (nSPS) is 18.7. The van der Waals surface area contributed by atoms with Crippen LogP contribution >= 0.6 is 11.6 Å². The molecule has 0 aliphatic carbocycles. The lowest BCUT2D eigenvalue weighted by molar-refractivity contribution is -0.126. The number of halogens is 1. The van der Waals surface area contributed by atoms with Gasteiger partial charge < -0.3 is 10.2 Å². The molecule has 1 aromatic rings. The van der Waals surface area contributed by atoms with Gasteiger partial charge in [-0.05, 0) is 36.6 Å². The Bertz CT molecular complexity index is 559. The zero-order chi connectivity index (χ0) is 17.5. The van der Waals surface area contributed by atoms with Crippen LogP contribution in [0, 0.1) is 11.8 Å². The van der Waals surface area contributed by atoms with Gasteiger partial charge in [-0.1, -0.05) is 44.7 Å². The molecule has 0 saturated carbocycles. The van der Waals surface area contributed by atoms with Crippen molar-refractivity contribution in [2.45, 2.75) is 46.0 Å². The fourth-order valence-corrected chi connectivity index (χ4v) is 3.21. The van der Waals surface area contributed by atoms with E-state index in [-0.39, 0.29) is 24.2 Å². The van der Waals surface area contributed by atoms with Crippen molar-refractivity contribution in [1.82, 2.24) is 5.32 Å². The first-order chi connectivity index (χ1) is 11.5. The van der Waals surface area contributed by atoms with Gasteiger partial charge in [-0.15, -0.1) is 0 Å². The van der Waals surface area contributed by atoms with Gasteiger partial charge in [0.2, 0.25) is 11.8 Å². The van der Waals surface area contributed by atoms with Crippen molar-refractivity contribution in [3.05, 3.63) is 29.3 Å². The summed E-state index contributed by atoms with van der Waals surface area (Å²) in [4.78, 5) is 26.3. The van der Waals surface area contributed by atoms with E-state index in [1.54, 1.807) is 17.0 Å². The largest absolute Gasteiger partial charge is 0.356 e. The molecule has 24 heavy (non-hydrogen) atoms. The van der Waals surface area contributed by atoms with Crippen molar-refractivity contribution in [1.29, 1.82) is 0 Å². The van der Waals surface area contributed by atoms with Gasteiger partial charge in [-0.3, -0.25) is 9.59 Å². The molecule has 1 aliphatic heterocycles. The summed E-state index contributed by atoms with van der Waals surface area (Å²) in [6.45, 7) is 5.49. The number of carbonyl (C=O) groups is 2. The van der Waals surface area contributed by atoms with E-state index in [9.17, 15) is 9.59 Å². The number of unbranched alkanes of at least 4 members (excludes halogenated alkanes) is 1. The molecule has 1 saturated heterocycles. The van der Waals surface area contributed by atoms with Gasteiger partial charge in [0.25, 0.3) is 0 Å². The number of carbonyl (C=O) groups excluding carboxylic acids is 2. The van der Waals surface area contributed by atoms with Crippen LogP contribution in [-0.4, -0.2) is 24.9 Å². The van der Waals surface area contributed by atoms with E-state index in [4.69, 9.17) is 11.6 Å². The molecule has 2 rings (SSSR count). The third-order valence-corrected chi connectivity index (χ3v) is 4.99. The summed E-state index contributed by atoms with van der Waals surface area (Å²) < 4.78 is 0. The van der Waals surface area contributed by atoms with E-state index in [1.165, 1.54) is 12.8 Å². The summed E-state index contributed by atoms with van der Waals surface area (Å²) in [5, 5.41) is 3.68. The highest BCUT2D eigenvalue weighted by Crippen LogP contribution is 2.26. The summed E-state index contributed by atoms with van der Waals surface area (Å²) in [6, 6.07) is 7.16. The average Bonchev–Trinajstić information content (AvgIpc) is 2.97. The molecular weight excluding hydrogens is 324 g/mol. The number of rotatable bonds is 8. The minimum atomic E-state index is -0.267. The van der Waals surface area contributed by atoms with Crippen LogP contribution in [-0.2, 0) is 9.59 Å². The van der Waals surface area contributed by atoms with Crippen LogP contribution in [0.15, 0.2) is 24.3 Å². The first kappa shape index (κ1) is 18.8. The second kappa shape index (κ2) is 9.07. The van der Waals surface area contributed by atoms with Crippen LogP contribution < -0.4 is 10.2 Å². The number of amides is 2. The molecule has 1 heterocycles. The number of anilines is 1. The lowest BCUT2D eigenvalue weighted by Crippen LogP contribution is -2.35. The second-order valence-corrected chi connectivity index (χ2v) is 6.98. The van der Waals surface area contributed by atoms with Gasteiger partial charge in [-0.25, -0.2) is 0 Å². The fraction of sp³-hybridized carbons (Fsp3) is 0.579. The van der Waals surface area contributed by atoms with E-state index >= 15 is 0 Å². The molecule has 1 fully saturated rings. The van der Waals surface area contributed by atoms with E-state index in [0.29, 0.717) is 24.0 Å². The Morgan fingerprint density at radius 3 is 2.67 bits per heavy atom. The first-order valence-electron chi connectivity index (χ1n) is 8.88. The highest BCUT2D eigenvalue weighted by atomic mass is 35.5. The van der Waals surface area contributed by atoms with Crippen LogP contribution in [0.2, 0.25) is 5.02 Å². The molecule has 0 spiro atoms. The van der Waals surface area contributed by atoms with Gasteiger partial charge in [-0.2, -0.15) is 0 Å². The number of nitrogens with zero attached hydrogens (tertiary/aromatic N) is 1. The summed E-state index contributed by atoms with van der Waals surface area (Å²) in [5.41, 5.74) is 0.800. The smallest absolute Gasteiger partial charge is 0.227 e. The van der Waals surface area contributed by atoms with E-state index in [1.807, 2.05) is 12.1 Å². The molecule has 0 aromatic heterocycles. The van der Waals surface area contributed by atoms with Gasteiger partial charge in [0.05, 0.1) is 5.92 Å². The van der Waals surface area contributed by atoms with Gasteiger partial charge in [0.1, 0.15) is 0 Å². The third-order valence-electron chi connectivity index (χ3n) is 4.74. The zero-order valence-electron chi connectivity index (χ0n) is 14.6. The molecule has 1 aromatic carbocycles. The van der Waals surface area contributed by atoms with Crippen molar-refractivity contribution in [2.75, 3.05) is 18.0 Å². The predicted octanol–water partition coefficient (Wildman–Crippen LogP) is 4.03. The average molecular weight is 351 g/mol. The molecule has 0 bridgehead atoms. The molecule has 1 N–H and O–H groups in total. The van der Waals surface area contributed by atoms with Gasteiger partial charge >= 0.3 is 0 Å². The molecule has 1 aliphatic rings. The van der Waals surface area contributed by atoms with Crippen molar-refractivity contribution >= 4 is 29.1 Å². The summed E-state index contributed by atoms with van der Waals surface area (Å²) in [7, 11) is 0. The van der Waals surface area contributed by atoms with Crippen molar-refractivity contribution in [3.63, 3.8) is 0 Å². The first-order valence-corrected chi connectivity index (χ1v) is 9.26. The minimum absolute atomic E-state index is 0.00417. The number of hydrogen-bond acceptors (Lipinski definition) is 2. The molecule has 2 amide bonds. The number of benzene rings is 1. The summed E-state index contributed by atoms with van der Waals surface area (Å²) >= 11 is 5.89. The van der Waals surface area contributed by atoms with E-state index in [2.05, 4.69) is 19.2 Å². The van der Waals surface area contributed by atoms with Crippen LogP contribution in [0.25, 0.3) is 0 Å². The SMILES string of the molecule is CCCC[C@@H](CC)CNC(=O)[C@@H]1CC(=O)N(c2ccc(Cl)cc2)C1. The monoisotopic (exact) mass is 350 g/mol. The molecule has 0 radical (unpaired) electrons. The molecule has 0 unspecified atom stereocenters. The van der Waals surface area contributed by atoms with Crippen LogP contribution in [0.5, 0.6) is 0 Å². The van der Waals surface area contributed by atoms with Crippen molar-refractivity contribution < 1.29 is 9.59 Å². The molecule has 2 atom stereocenters. The topological polar surface area (TPSA) is 49.4 Å². The fourth-order valence-electron chi connectivity index (χ4n) is 3.09. The lowest BCUT2D eigenvalue weighted by Gasteiger charge is -2.18. The third kappa shape index (κ3) is 4.97. The summed E-state index contributed by atoms with van der Waals surface area (Å²) in [5.74, 6) is 0.250. The Kier molecular flexibility index (Phi) is 7.10. The van der Waals surface area contributed by atoms with E-state index in [0.717, 1.165) is 18.5 Å². The minimum Gasteiger partial charge on any atom is -0.356 e. The highest BCUT2D eigenvalue weighted by Gasteiger charge is 2.35. The second-order valence-electron chi connectivity index (χ2n) is 6.54. The van der Waals surface area contributed by atoms with Crippen molar-refractivity contribution in [3.8, 4) is 0 Å². The maximum atomic E-state index is 12.4. The standard InChI is InChI=1S/C19H27ClN2O2/c1-3-5-6-14(4-2)12-21-19(24)15-11-18(23)22(13-15)17-9-7-16(20)8-10-17/h7-10,14-15H,3-6,11-13H2,1-2H3,(H,21,24)/t14-,15-/m1/s1. The summed E-state index contributed by atoms with van der Waals surface area (Å²) in [6.07, 6.45) is 4.87. The Morgan fingerprint density at radius 1 is 1.33 bits per heavy atom. The molecule has 4 nitrogen and oxygen atoms in total. The Labute approximate surface area is 149 Å². The molecule has 132 valence electrons. The zero-order valence-corrected chi connectivity index (χ0v) is 15.3. The number of hydrogen-bond donors (Lipinski definition) is 1. The lowest BCUT2D eigenvalue weighted by atomic mass is 9.99. The molecular formula is C19H27ClN2O2. The quantitative estimate of drug-likeness (QED) is 0.769. The maximum Gasteiger partial charge on any atom is 0.227 e. The Morgan fingerprint density at radius 2 is 2.04 bits per heavy atom. The Hall–Kier alpha value is -1.55. The van der Waals surface area contributed by atoms with Crippen LogP contribution in [0.1, 0.15) is 46.0 Å². The van der Waals surface area contributed by atoms with Gasteiger partial charge in [0, 0.05) is 30.2 Å². The Balaban J connectivity index is 1.88. The van der Waals surface area contributed by atoms with Crippen LogP contribution in [0.3, 0.4) is 0 Å². The molecule has 5 heteroatoms. The van der Waals surface area contributed by atoms with Crippen molar-refractivity contribution in [2.24, 2.45) is 11.8 Å².